The van der Waals surface area contributed by atoms with Gasteiger partial charge in [0, 0.05) is 21.2 Å². The van der Waals surface area contributed by atoms with Crippen molar-refractivity contribution in [1.29, 1.82) is 0 Å². The van der Waals surface area contributed by atoms with Crippen molar-refractivity contribution in [2.75, 3.05) is 46.4 Å². The van der Waals surface area contributed by atoms with E-state index >= 15 is 0 Å². The Hall–Kier alpha value is -1.04. The van der Waals surface area contributed by atoms with E-state index in [1.165, 1.54) is 47.1 Å². The molecule has 138 valence electrons. The molecule has 1 saturated heterocycles. The van der Waals surface area contributed by atoms with E-state index < -0.39 is 0 Å². The lowest BCUT2D eigenvalue weighted by Gasteiger charge is -2.28. The zero-order valence-corrected chi connectivity index (χ0v) is 16.8. The van der Waals surface area contributed by atoms with Crippen LogP contribution in [0.25, 0.3) is 0 Å². The average Bonchev–Trinajstić information content (AvgIpc) is 2.80. The van der Waals surface area contributed by atoms with Gasteiger partial charge in [0.1, 0.15) is 32.7 Å². The van der Waals surface area contributed by atoms with Gasteiger partial charge in [0.05, 0.1) is 19.8 Å². The molecule has 2 aromatic rings. The normalized spacial score (nSPS) is 25.2. The Morgan fingerprint density at radius 1 is 1.08 bits per heavy atom. The number of ether oxygens (including phenoxy) is 1. The van der Waals surface area contributed by atoms with Gasteiger partial charge in [-0.1, -0.05) is 41.6 Å². The molecule has 0 spiro atoms. The molecular weight excluding hydrogens is 364 g/mol. The molecule has 26 heavy (non-hydrogen) atoms. The first kappa shape index (κ1) is 18.3. The molecule has 0 radical (unpaired) electrons. The summed E-state index contributed by atoms with van der Waals surface area (Å²) >= 11 is 8.14. The lowest BCUT2D eigenvalue weighted by Crippen LogP contribution is -3.27. The van der Waals surface area contributed by atoms with Gasteiger partial charge in [0.15, 0.2) is 0 Å². The van der Waals surface area contributed by atoms with Crippen LogP contribution in [-0.4, -0.2) is 46.4 Å². The second-order valence-electron chi connectivity index (χ2n) is 7.41. The van der Waals surface area contributed by atoms with Crippen molar-refractivity contribution in [3.63, 3.8) is 0 Å². The van der Waals surface area contributed by atoms with E-state index in [0.29, 0.717) is 0 Å². The van der Waals surface area contributed by atoms with Crippen LogP contribution in [0, 0.1) is 0 Å². The monoisotopic (exact) mass is 390 g/mol. The molecule has 3 nitrogen and oxygen atoms in total. The standard InChI is InChI=1S/C21H25ClN2OS/c1-23-8-10-24(11-9-23)12-13-25-19-14-16-4-2-3-5-20(16)26-21-7-6-17(22)15-18(19)21/h2-7,15,19H,8-14H2,1H3/p+2/t19-/m0/s1. The van der Waals surface area contributed by atoms with Gasteiger partial charge < -0.3 is 14.5 Å². The van der Waals surface area contributed by atoms with Crippen molar-refractivity contribution in [2.45, 2.75) is 22.3 Å². The molecule has 0 aliphatic carbocycles. The van der Waals surface area contributed by atoms with E-state index in [1.54, 1.807) is 9.80 Å². The Morgan fingerprint density at radius 3 is 2.73 bits per heavy atom. The molecule has 0 aromatic heterocycles. The maximum atomic E-state index is 6.43. The molecule has 2 heterocycles. The second-order valence-corrected chi connectivity index (χ2v) is 8.93. The third-order valence-electron chi connectivity index (χ3n) is 5.50. The fourth-order valence-electron chi connectivity index (χ4n) is 3.84. The number of halogens is 1. The smallest absolute Gasteiger partial charge is 0.127 e. The third-order valence-corrected chi connectivity index (χ3v) is 6.95. The summed E-state index contributed by atoms with van der Waals surface area (Å²) in [6.07, 6.45) is 0.996. The summed E-state index contributed by atoms with van der Waals surface area (Å²) in [6.45, 7) is 6.93. The third kappa shape index (κ3) is 4.26. The maximum Gasteiger partial charge on any atom is 0.127 e. The Balaban J connectivity index is 1.48. The van der Waals surface area contributed by atoms with Crippen molar-refractivity contribution >= 4 is 23.4 Å². The molecule has 2 aromatic carbocycles. The van der Waals surface area contributed by atoms with Gasteiger partial charge in [-0.25, -0.2) is 0 Å². The summed E-state index contributed by atoms with van der Waals surface area (Å²) in [4.78, 5) is 5.91. The predicted octanol–water partition coefficient (Wildman–Crippen LogP) is 1.52. The largest absolute Gasteiger partial charge is 0.367 e. The van der Waals surface area contributed by atoms with Crippen LogP contribution in [0.15, 0.2) is 52.3 Å². The number of fused-ring (bicyclic) bond motifs is 2. The highest BCUT2D eigenvalue weighted by molar-refractivity contribution is 7.99. The zero-order chi connectivity index (χ0) is 17.9. The van der Waals surface area contributed by atoms with Gasteiger partial charge in [-0.15, -0.1) is 0 Å². The fraction of sp³-hybridized carbons (Fsp3) is 0.429. The molecule has 0 saturated carbocycles. The minimum Gasteiger partial charge on any atom is -0.367 e. The predicted molar refractivity (Wildman–Crippen MR) is 107 cm³/mol. The summed E-state index contributed by atoms with van der Waals surface area (Å²) in [5, 5.41) is 0.788. The number of nitrogens with one attached hydrogen (secondary N) is 2. The zero-order valence-electron chi connectivity index (χ0n) is 15.3. The van der Waals surface area contributed by atoms with Crippen LogP contribution in [0.3, 0.4) is 0 Å². The van der Waals surface area contributed by atoms with Crippen molar-refractivity contribution in [1.82, 2.24) is 0 Å². The number of rotatable bonds is 4. The van der Waals surface area contributed by atoms with E-state index in [-0.39, 0.29) is 6.10 Å². The SMILES string of the molecule is C[NH+]1CC[NH+](CCO[C@H]2Cc3ccccc3Sc3ccc(Cl)cc32)CC1. The van der Waals surface area contributed by atoms with Crippen LogP contribution in [0.5, 0.6) is 0 Å². The summed E-state index contributed by atoms with van der Waals surface area (Å²) in [6, 6.07) is 14.9. The fourth-order valence-corrected chi connectivity index (χ4v) is 5.13. The summed E-state index contributed by atoms with van der Waals surface area (Å²) in [5.74, 6) is 0. The minimum atomic E-state index is 0.0809. The highest BCUT2D eigenvalue weighted by atomic mass is 35.5. The second kappa shape index (κ2) is 8.32. The molecule has 1 atom stereocenters. The van der Waals surface area contributed by atoms with E-state index in [2.05, 4.69) is 43.4 Å². The molecule has 2 N–H and O–H groups in total. The lowest BCUT2D eigenvalue weighted by molar-refractivity contribution is -1.00. The van der Waals surface area contributed by atoms with Gasteiger partial charge in [-0.3, -0.25) is 0 Å². The molecule has 4 rings (SSSR count). The van der Waals surface area contributed by atoms with Crippen molar-refractivity contribution in [3.8, 4) is 0 Å². The summed E-state index contributed by atoms with van der Waals surface area (Å²) in [7, 11) is 2.29. The van der Waals surface area contributed by atoms with Crippen molar-refractivity contribution in [3.05, 3.63) is 58.6 Å². The van der Waals surface area contributed by atoms with Gasteiger partial charge in [0.25, 0.3) is 0 Å². The van der Waals surface area contributed by atoms with Gasteiger partial charge >= 0.3 is 0 Å². The molecule has 0 unspecified atom stereocenters. The molecule has 1 fully saturated rings. The number of piperazine rings is 1. The first-order valence-electron chi connectivity index (χ1n) is 9.51. The van der Waals surface area contributed by atoms with Crippen LogP contribution in [0.4, 0.5) is 0 Å². The van der Waals surface area contributed by atoms with Crippen LogP contribution < -0.4 is 9.80 Å². The number of likely N-dealkylation sites (N-methyl/N-ethyl adjacent to an activating group) is 1. The highest BCUT2D eigenvalue weighted by Gasteiger charge is 2.25. The number of hydrogen-bond donors (Lipinski definition) is 2. The van der Waals surface area contributed by atoms with E-state index in [0.717, 1.165) is 24.6 Å². The summed E-state index contributed by atoms with van der Waals surface area (Å²) in [5.41, 5.74) is 2.60. The van der Waals surface area contributed by atoms with Crippen molar-refractivity contribution in [2.24, 2.45) is 0 Å². The molecule has 2 aliphatic heterocycles. The molecule has 2 aliphatic rings. The van der Waals surface area contributed by atoms with Gasteiger partial charge in [-0.2, -0.15) is 0 Å². The van der Waals surface area contributed by atoms with E-state index in [1.807, 2.05) is 17.8 Å². The number of hydrogen-bond acceptors (Lipinski definition) is 2. The average molecular weight is 391 g/mol. The van der Waals surface area contributed by atoms with Gasteiger partial charge in [0.2, 0.25) is 0 Å². The van der Waals surface area contributed by atoms with Crippen LogP contribution >= 0.6 is 23.4 Å². The van der Waals surface area contributed by atoms with Crippen LogP contribution in [0.2, 0.25) is 5.02 Å². The van der Waals surface area contributed by atoms with Crippen LogP contribution in [0.1, 0.15) is 17.2 Å². The Bertz CT molecular complexity index is 761. The first-order valence-corrected chi connectivity index (χ1v) is 10.7. The Kier molecular flexibility index (Phi) is 5.87. The molecule has 0 amide bonds. The van der Waals surface area contributed by atoms with Gasteiger partial charge in [-0.05, 0) is 35.4 Å². The van der Waals surface area contributed by atoms with E-state index in [4.69, 9.17) is 16.3 Å². The molecule has 5 heteroatoms. The lowest BCUT2D eigenvalue weighted by atomic mass is 10.0. The molecule has 0 bridgehead atoms. The maximum absolute atomic E-state index is 6.43. The quantitative estimate of drug-likeness (QED) is 0.824. The topological polar surface area (TPSA) is 18.1 Å². The highest BCUT2D eigenvalue weighted by Crippen LogP contribution is 2.42. The summed E-state index contributed by atoms with van der Waals surface area (Å²) < 4.78 is 6.43. The number of quaternary nitrogens is 2. The minimum absolute atomic E-state index is 0.0809. The van der Waals surface area contributed by atoms with Crippen LogP contribution in [-0.2, 0) is 11.2 Å². The van der Waals surface area contributed by atoms with Crippen molar-refractivity contribution < 1.29 is 14.5 Å². The number of benzene rings is 2. The first-order chi connectivity index (χ1) is 12.7. The molecular formula is C21H27ClN2OS+2. The van der Waals surface area contributed by atoms with E-state index in [9.17, 15) is 0 Å². The Morgan fingerprint density at radius 2 is 1.88 bits per heavy atom. The Labute approximate surface area is 165 Å².